The molecule has 1 heterocycles. The fraction of sp³-hybridized carbons (Fsp3) is 0.167. The molecule has 0 unspecified atom stereocenters. The number of aryl methyl sites for hydroxylation is 1. The summed E-state index contributed by atoms with van der Waals surface area (Å²) in [5.41, 5.74) is 1.38. The third-order valence-corrected chi connectivity index (χ3v) is 5.51. The highest BCUT2D eigenvalue weighted by molar-refractivity contribution is 9.10. The fourth-order valence-electron chi connectivity index (χ4n) is 2.40. The number of benzene rings is 2. The number of carbonyl (C=O) groups excluding carboxylic acids is 1. The number of nitrogens with one attached hydrogen (secondary N) is 2. The maximum Gasteiger partial charge on any atom is 0.343 e. The molecule has 27 heavy (non-hydrogen) atoms. The third kappa shape index (κ3) is 5.47. The van der Waals surface area contributed by atoms with Crippen molar-refractivity contribution < 1.29 is 4.79 Å². The van der Waals surface area contributed by atoms with Gasteiger partial charge in [-0.2, -0.15) is 0 Å². The minimum Gasteiger partial charge on any atom is -0.324 e. The molecule has 0 aliphatic heterocycles. The van der Waals surface area contributed by atoms with Crippen LogP contribution in [0.2, 0.25) is 5.02 Å². The van der Waals surface area contributed by atoms with Gasteiger partial charge in [0, 0.05) is 11.0 Å². The first-order valence-electron chi connectivity index (χ1n) is 8.10. The topological polar surface area (TPSA) is 79.8 Å². The lowest BCUT2D eigenvalue weighted by atomic mass is 10.1. The Labute approximate surface area is 173 Å². The number of H-pyrrole nitrogens is 1. The molecule has 0 fully saturated rings. The zero-order chi connectivity index (χ0) is 19.2. The van der Waals surface area contributed by atoms with Gasteiger partial charge in [-0.3, -0.25) is 9.36 Å². The highest BCUT2D eigenvalue weighted by atomic mass is 79.9. The Morgan fingerprint density at radius 1 is 1.26 bits per heavy atom. The molecule has 0 saturated heterocycles. The molecule has 0 atom stereocenters. The molecule has 1 amide bonds. The van der Waals surface area contributed by atoms with Crippen LogP contribution in [0.4, 0.5) is 5.69 Å². The van der Waals surface area contributed by atoms with Gasteiger partial charge in [0.2, 0.25) is 5.91 Å². The van der Waals surface area contributed by atoms with Crippen molar-refractivity contribution in [2.75, 3.05) is 11.1 Å². The molecule has 9 heteroatoms. The molecule has 0 saturated carbocycles. The molecule has 0 spiro atoms. The van der Waals surface area contributed by atoms with Crippen molar-refractivity contribution in [2.45, 2.75) is 18.1 Å². The van der Waals surface area contributed by atoms with E-state index >= 15 is 0 Å². The first-order chi connectivity index (χ1) is 13.0. The SMILES string of the molecule is O=C(CSc1n[nH]c(=O)n1CCc1ccccc1)Nc1ccc(Br)cc1Cl. The first-order valence-corrected chi connectivity index (χ1v) is 10.3. The van der Waals surface area contributed by atoms with Gasteiger partial charge in [-0.1, -0.05) is 69.6 Å². The van der Waals surface area contributed by atoms with E-state index in [1.807, 2.05) is 30.3 Å². The van der Waals surface area contributed by atoms with Crippen molar-refractivity contribution >= 4 is 50.9 Å². The van der Waals surface area contributed by atoms with Crippen molar-refractivity contribution in [3.8, 4) is 0 Å². The molecule has 1 aromatic heterocycles. The van der Waals surface area contributed by atoms with E-state index in [0.29, 0.717) is 28.8 Å². The van der Waals surface area contributed by atoms with Gasteiger partial charge in [-0.15, -0.1) is 5.10 Å². The highest BCUT2D eigenvalue weighted by Gasteiger charge is 2.12. The smallest absolute Gasteiger partial charge is 0.324 e. The molecule has 2 N–H and O–H groups in total. The second kappa shape index (κ2) is 9.25. The minimum absolute atomic E-state index is 0.113. The fourth-order valence-corrected chi connectivity index (χ4v) is 3.90. The molecular formula is C18H16BrClN4O2S. The lowest BCUT2D eigenvalue weighted by molar-refractivity contribution is -0.113. The molecule has 140 valence electrons. The Balaban J connectivity index is 1.59. The van der Waals surface area contributed by atoms with Crippen LogP contribution in [-0.2, 0) is 17.8 Å². The average molecular weight is 468 g/mol. The summed E-state index contributed by atoms with van der Waals surface area (Å²) >= 11 is 10.6. The second-order valence-corrected chi connectivity index (χ2v) is 7.92. The van der Waals surface area contributed by atoms with Gasteiger partial charge in [-0.25, -0.2) is 9.89 Å². The molecule has 2 aromatic carbocycles. The number of rotatable bonds is 7. The van der Waals surface area contributed by atoms with Gasteiger partial charge < -0.3 is 5.32 Å². The van der Waals surface area contributed by atoms with E-state index in [4.69, 9.17) is 11.6 Å². The minimum atomic E-state index is -0.287. The molecule has 3 rings (SSSR count). The molecule has 6 nitrogen and oxygen atoms in total. The zero-order valence-corrected chi connectivity index (χ0v) is 17.3. The van der Waals surface area contributed by atoms with Gasteiger partial charge in [0.25, 0.3) is 0 Å². The highest BCUT2D eigenvalue weighted by Crippen LogP contribution is 2.26. The summed E-state index contributed by atoms with van der Waals surface area (Å²) in [6.45, 7) is 0.488. The predicted octanol–water partition coefficient (Wildman–Crippen LogP) is 3.96. The van der Waals surface area contributed by atoms with Crippen LogP contribution in [0.5, 0.6) is 0 Å². The van der Waals surface area contributed by atoms with Crippen LogP contribution in [-0.4, -0.2) is 26.4 Å². The standard InChI is InChI=1S/C18H16BrClN4O2S/c19-13-6-7-15(14(20)10-13)21-16(25)11-27-18-23-22-17(26)24(18)9-8-12-4-2-1-3-5-12/h1-7,10H,8-9,11H2,(H,21,25)(H,22,26). The quantitative estimate of drug-likeness (QED) is 0.516. The monoisotopic (exact) mass is 466 g/mol. The van der Waals surface area contributed by atoms with E-state index in [0.717, 1.165) is 10.0 Å². The maximum atomic E-state index is 12.2. The van der Waals surface area contributed by atoms with E-state index in [1.54, 1.807) is 18.2 Å². The van der Waals surface area contributed by atoms with E-state index in [-0.39, 0.29) is 17.3 Å². The van der Waals surface area contributed by atoms with Crippen LogP contribution in [0.15, 0.2) is 63.0 Å². The van der Waals surface area contributed by atoms with Crippen molar-refractivity contribution in [3.05, 3.63) is 74.1 Å². The number of hydrogen-bond donors (Lipinski definition) is 2. The summed E-state index contributed by atoms with van der Waals surface area (Å²) < 4.78 is 2.37. The molecule has 0 radical (unpaired) electrons. The normalized spacial score (nSPS) is 10.7. The van der Waals surface area contributed by atoms with Crippen molar-refractivity contribution in [1.29, 1.82) is 0 Å². The maximum absolute atomic E-state index is 12.2. The average Bonchev–Trinajstić information content (AvgIpc) is 3.01. The van der Waals surface area contributed by atoms with Gasteiger partial charge in [-0.05, 0) is 30.2 Å². The number of aromatic nitrogens is 3. The third-order valence-electron chi connectivity index (χ3n) is 3.73. The molecular weight excluding hydrogens is 452 g/mol. The Morgan fingerprint density at radius 2 is 2.04 bits per heavy atom. The van der Waals surface area contributed by atoms with Crippen molar-refractivity contribution in [2.24, 2.45) is 0 Å². The summed E-state index contributed by atoms with van der Waals surface area (Å²) in [5, 5.41) is 10.1. The van der Waals surface area contributed by atoms with Gasteiger partial charge in [0.1, 0.15) is 0 Å². The Bertz CT molecular complexity index is 991. The van der Waals surface area contributed by atoms with Crippen LogP contribution in [0.1, 0.15) is 5.56 Å². The van der Waals surface area contributed by atoms with E-state index in [1.165, 1.54) is 16.3 Å². The predicted molar refractivity (Wildman–Crippen MR) is 111 cm³/mol. The second-order valence-electron chi connectivity index (χ2n) is 5.66. The molecule has 0 bridgehead atoms. The Hall–Kier alpha value is -2.03. The molecule has 0 aliphatic rings. The largest absolute Gasteiger partial charge is 0.343 e. The van der Waals surface area contributed by atoms with E-state index < -0.39 is 0 Å². The number of hydrogen-bond acceptors (Lipinski definition) is 4. The van der Waals surface area contributed by atoms with Gasteiger partial charge in [0.05, 0.1) is 16.5 Å². The van der Waals surface area contributed by atoms with Crippen LogP contribution >= 0.6 is 39.3 Å². The summed E-state index contributed by atoms with van der Waals surface area (Å²) in [5.74, 6) is -0.114. The lowest BCUT2D eigenvalue weighted by Gasteiger charge is -2.08. The summed E-state index contributed by atoms with van der Waals surface area (Å²) in [4.78, 5) is 24.2. The zero-order valence-electron chi connectivity index (χ0n) is 14.1. The van der Waals surface area contributed by atoms with Crippen LogP contribution in [0.25, 0.3) is 0 Å². The van der Waals surface area contributed by atoms with E-state index in [2.05, 4.69) is 31.4 Å². The van der Waals surface area contributed by atoms with Gasteiger partial charge >= 0.3 is 5.69 Å². The van der Waals surface area contributed by atoms with E-state index in [9.17, 15) is 9.59 Å². The summed E-state index contributed by atoms with van der Waals surface area (Å²) in [6.07, 6.45) is 0.703. The molecule has 0 aliphatic carbocycles. The number of carbonyl (C=O) groups is 1. The van der Waals surface area contributed by atoms with Crippen LogP contribution in [0.3, 0.4) is 0 Å². The van der Waals surface area contributed by atoms with Crippen molar-refractivity contribution in [1.82, 2.24) is 14.8 Å². The number of halogens is 2. The number of anilines is 1. The van der Waals surface area contributed by atoms with Crippen LogP contribution in [0, 0.1) is 0 Å². The summed E-state index contributed by atoms with van der Waals surface area (Å²) in [6, 6.07) is 15.1. The summed E-state index contributed by atoms with van der Waals surface area (Å²) in [7, 11) is 0. The number of amides is 1. The van der Waals surface area contributed by atoms with Gasteiger partial charge in [0.15, 0.2) is 5.16 Å². The molecule has 3 aromatic rings. The Morgan fingerprint density at radius 3 is 2.78 bits per heavy atom. The first kappa shape index (κ1) is 19.7. The number of aromatic amines is 1. The number of thioether (sulfide) groups is 1. The Kier molecular flexibility index (Phi) is 6.76. The van der Waals surface area contributed by atoms with Crippen molar-refractivity contribution in [3.63, 3.8) is 0 Å². The number of nitrogens with zero attached hydrogens (tertiary/aromatic N) is 2. The lowest BCUT2D eigenvalue weighted by Crippen LogP contribution is -2.20. The van der Waals surface area contributed by atoms with Crippen LogP contribution < -0.4 is 11.0 Å².